The molecule has 0 bridgehead atoms. The molecule has 1 aromatic carbocycles. The van der Waals surface area contributed by atoms with E-state index in [0.717, 1.165) is 21.7 Å². The average molecular weight is 415 g/mol. The maximum Gasteiger partial charge on any atom is 0.281 e. The maximum atomic E-state index is 5.64. The van der Waals surface area contributed by atoms with Gasteiger partial charge in [0, 0.05) is 6.20 Å². The highest BCUT2D eigenvalue weighted by atomic mass is 32.1. The van der Waals surface area contributed by atoms with Crippen LogP contribution in [0.25, 0.3) is 27.5 Å². The Hall–Kier alpha value is -3.62. The molecule has 0 aliphatic rings. The summed E-state index contributed by atoms with van der Waals surface area (Å²) in [5, 5.41) is 15.4. The molecule has 0 aliphatic heterocycles. The quantitative estimate of drug-likeness (QED) is 0.295. The van der Waals surface area contributed by atoms with E-state index in [2.05, 4.69) is 31.7 Å². The predicted octanol–water partition coefficient (Wildman–Crippen LogP) is 4.73. The molecule has 0 N–H and O–H groups in total. The fourth-order valence-electron chi connectivity index (χ4n) is 3.03. The number of aryl methyl sites for hydroxylation is 1. The molecular formula is C22H17N5O2S. The number of thiophene rings is 1. The van der Waals surface area contributed by atoms with Crippen molar-refractivity contribution in [2.24, 2.45) is 0 Å². The first-order valence-electron chi connectivity index (χ1n) is 9.35. The summed E-state index contributed by atoms with van der Waals surface area (Å²) in [4.78, 5) is 16.3. The molecule has 5 aromatic rings. The summed E-state index contributed by atoms with van der Waals surface area (Å²) >= 11 is 1.60. The molecule has 0 atom stereocenters. The summed E-state index contributed by atoms with van der Waals surface area (Å²) < 4.78 is 1.68. The van der Waals surface area contributed by atoms with Crippen molar-refractivity contribution in [3.63, 3.8) is 0 Å². The zero-order valence-corrected chi connectivity index (χ0v) is 16.9. The van der Waals surface area contributed by atoms with E-state index >= 15 is 0 Å². The lowest BCUT2D eigenvalue weighted by atomic mass is 10.1. The molecule has 0 saturated heterocycles. The zero-order chi connectivity index (χ0) is 20.3. The third kappa shape index (κ3) is 3.66. The standard InChI is InChI=1S/C22H17N5O2S/c1-15-11-19(30-14-15)21-25-24-20-12-18(16-7-3-2-4-8-16)22(26-27(20)21)29-28-13-17-9-5-6-10-23-17/h2-12,14H,13H2,1H3. The monoisotopic (exact) mass is 415 g/mol. The van der Waals surface area contributed by atoms with E-state index in [1.807, 2.05) is 61.5 Å². The van der Waals surface area contributed by atoms with Crippen LogP contribution in [-0.4, -0.2) is 24.8 Å². The lowest BCUT2D eigenvalue weighted by Crippen LogP contribution is -2.05. The van der Waals surface area contributed by atoms with Crippen LogP contribution in [0.4, 0.5) is 0 Å². The van der Waals surface area contributed by atoms with Gasteiger partial charge < -0.3 is 4.89 Å². The molecule has 4 heterocycles. The van der Waals surface area contributed by atoms with Crippen LogP contribution in [0.15, 0.2) is 72.2 Å². The highest BCUT2D eigenvalue weighted by Gasteiger charge is 2.17. The van der Waals surface area contributed by atoms with Crippen LogP contribution < -0.4 is 4.89 Å². The van der Waals surface area contributed by atoms with Crippen LogP contribution >= 0.6 is 11.3 Å². The van der Waals surface area contributed by atoms with Gasteiger partial charge in [0.2, 0.25) is 0 Å². The van der Waals surface area contributed by atoms with E-state index in [4.69, 9.17) is 9.78 Å². The van der Waals surface area contributed by atoms with Gasteiger partial charge in [-0.3, -0.25) is 4.98 Å². The molecule has 148 valence electrons. The Morgan fingerprint density at radius 1 is 1.00 bits per heavy atom. The van der Waals surface area contributed by atoms with E-state index in [1.54, 1.807) is 22.0 Å². The largest absolute Gasteiger partial charge is 0.314 e. The number of fused-ring (bicyclic) bond motifs is 1. The Balaban J connectivity index is 1.54. The number of hydrogen-bond acceptors (Lipinski definition) is 7. The van der Waals surface area contributed by atoms with Gasteiger partial charge in [-0.1, -0.05) is 36.4 Å². The minimum absolute atomic E-state index is 0.202. The lowest BCUT2D eigenvalue weighted by Gasteiger charge is -2.10. The van der Waals surface area contributed by atoms with Crippen molar-refractivity contribution in [2.75, 3.05) is 0 Å². The first kappa shape index (κ1) is 18.4. The molecule has 4 aromatic heterocycles. The van der Waals surface area contributed by atoms with Gasteiger partial charge in [0.05, 0.1) is 16.1 Å². The van der Waals surface area contributed by atoms with Gasteiger partial charge in [-0.15, -0.1) is 26.6 Å². The van der Waals surface area contributed by atoms with Gasteiger partial charge in [0.25, 0.3) is 5.88 Å². The second-order valence-corrected chi connectivity index (χ2v) is 7.59. The Bertz CT molecular complexity index is 1290. The average Bonchev–Trinajstić information content (AvgIpc) is 3.40. The van der Waals surface area contributed by atoms with E-state index in [1.165, 1.54) is 5.56 Å². The van der Waals surface area contributed by atoms with Crippen LogP contribution in [0, 0.1) is 6.92 Å². The van der Waals surface area contributed by atoms with Crippen LogP contribution in [0.5, 0.6) is 5.88 Å². The minimum Gasteiger partial charge on any atom is -0.314 e. The molecule has 0 amide bonds. The van der Waals surface area contributed by atoms with E-state index in [0.29, 0.717) is 17.4 Å². The van der Waals surface area contributed by atoms with Crippen LogP contribution in [0.3, 0.4) is 0 Å². The molecule has 5 rings (SSSR count). The molecule has 0 radical (unpaired) electrons. The van der Waals surface area contributed by atoms with E-state index in [-0.39, 0.29) is 6.61 Å². The molecular weight excluding hydrogens is 398 g/mol. The Morgan fingerprint density at radius 3 is 2.63 bits per heavy atom. The molecule has 7 nitrogen and oxygen atoms in total. The van der Waals surface area contributed by atoms with Gasteiger partial charge in [0.15, 0.2) is 11.5 Å². The summed E-state index contributed by atoms with van der Waals surface area (Å²) in [6.07, 6.45) is 1.71. The summed E-state index contributed by atoms with van der Waals surface area (Å²) in [6.45, 7) is 2.25. The van der Waals surface area contributed by atoms with Gasteiger partial charge in [-0.25, -0.2) is 0 Å². The molecule has 0 aliphatic carbocycles. The van der Waals surface area contributed by atoms with Crippen molar-refractivity contribution in [3.05, 3.63) is 83.5 Å². The van der Waals surface area contributed by atoms with Crippen molar-refractivity contribution in [1.82, 2.24) is 24.8 Å². The number of hydrogen-bond donors (Lipinski definition) is 0. The van der Waals surface area contributed by atoms with Gasteiger partial charge in [0.1, 0.15) is 6.61 Å². The Labute approximate surface area is 176 Å². The summed E-state index contributed by atoms with van der Waals surface area (Å²) in [6, 6.07) is 19.4. The van der Waals surface area contributed by atoms with Gasteiger partial charge >= 0.3 is 0 Å². The second-order valence-electron chi connectivity index (χ2n) is 6.68. The second kappa shape index (κ2) is 8.02. The third-order valence-electron chi connectivity index (χ3n) is 4.47. The first-order chi connectivity index (χ1) is 14.8. The minimum atomic E-state index is 0.202. The number of benzene rings is 1. The van der Waals surface area contributed by atoms with Crippen molar-refractivity contribution >= 4 is 17.0 Å². The molecule has 0 fully saturated rings. The Morgan fingerprint density at radius 2 is 1.87 bits per heavy atom. The van der Waals surface area contributed by atoms with Crippen molar-refractivity contribution in [1.29, 1.82) is 0 Å². The van der Waals surface area contributed by atoms with Crippen molar-refractivity contribution in [2.45, 2.75) is 13.5 Å². The summed E-state index contributed by atoms with van der Waals surface area (Å²) in [7, 11) is 0. The number of nitrogens with zero attached hydrogens (tertiary/aromatic N) is 5. The van der Waals surface area contributed by atoms with E-state index in [9.17, 15) is 0 Å². The molecule has 8 heteroatoms. The van der Waals surface area contributed by atoms with Crippen LogP contribution in [-0.2, 0) is 11.5 Å². The van der Waals surface area contributed by atoms with E-state index < -0.39 is 0 Å². The lowest BCUT2D eigenvalue weighted by molar-refractivity contribution is -0.221. The summed E-state index contributed by atoms with van der Waals surface area (Å²) in [5.74, 6) is 0.997. The topological polar surface area (TPSA) is 74.4 Å². The fraction of sp³-hybridized carbons (Fsp3) is 0.0909. The van der Waals surface area contributed by atoms with Gasteiger partial charge in [-0.05, 0) is 47.7 Å². The van der Waals surface area contributed by atoms with Crippen molar-refractivity contribution in [3.8, 4) is 27.7 Å². The highest BCUT2D eigenvalue weighted by molar-refractivity contribution is 7.13. The van der Waals surface area contributed by atoms with Crippen LogP contribution in [0.1, 0.15) is 11.3 Å². The van der Waals surface area contributed by atoms with Crippen molar-refractivity contribution < 1.29 is 9.78 Å². The first-order valence-corrected chi connectivity index (χ1v) is 10.2. The molecule has 30 heavy (non-hydrogen) atoms. The molecule has 0 unspecified atom stereocenters. The van der Waals surface area contributed by atoms with Crippen LogP contribution in [0.2, 0.25) is 0 Å². The van der Waals surface area contributed by atoms with Gasteiger partial charge in [-0.2, -0.15) is 9.40 Å². The normalized spacial score (nSPS) is 11.1. The number of pyridine rings is 1. The zero-order valence-electron chi connectivity index (χ0n) is 16.1. The number of rotatable bonds is 6. The SMILES string of the molecule is Cc1csc(-c2nnc3cc(-c4ccccc4)c(OOCc4ccccn4)nn23)c1. The molecule has 0 saturated carbocycles. The fourth-order valence-corrected chi connectivity index (χ4v) is 3.90. The Kier molecular flexibility index (Phi) is 4.92. The smallest absolute Gasteiger partial charge is 0.281 e. The maximum absolute atomic E-state index is 5.64. The summed E-state index contributed by atoms with van der Waals surface area (Å²) in [5.41, 5.74) is 4.28. The highest BCUT2D eigenvalue weighted by Crippen LogP contribution is 2.32. The predicted molar refractivity (Wildman–Crippen MR) is 114 cm³/mol. The third-order valence-corrected chi connectivity index (χ3v) is 5.51. The molecule has 0 spiro atoms. The number of aromatic nitrogens is 5.